The van der Waals surface area contributed by atoms with Crippen molar-refractivity contribution in [2.75, 3.05) is 6.54 Å². The number of aromatic nitrogens is 2. The number of rotatable bonds is 4. The lowest BCUT2D eigenvalue weighted by Gasteiger charge is -2.26. The van der Waals surface area contributed by atoms with Crippen molar-refractivity contribution in [1.82, 2.24) is 14.5 Å². The number of carbonyl (C=O) groups excluding carboxylic acids is 1. The van der Waals surface area contributed by atoms with Crippen molar-refractivity contribution in [3.05, 3.63) is 10.6 Å². The molecule has 1 rings (SSSR count). The first-order valence-corrected chi connectivity index (χ1v) is 7.25. The summed E-state index contributed by atoms with van der Waals surface area (Å²) >= 11 is 6.02. The van der Waals surface area contributed by atoms with E-state index in [9.17, 15) is 4.79 Å². The van der Waals surface area contributed by atoms with Crippen LogP contribution >= 0.6 is 23.8 Å². The molecule has 7 heteroatoms. The van der Waals surface area contributed by atoms with Gasteiger partial charge in [0.25, 0.3) is 5.91 Å². The van der Waals surface area contributed by atoms with E-state index in [-0.39, 0.29) is 23.9 Å². The fourth-order valence-electron chi connectivity index (χ4n) is 1.61. The molecular weight excluding hydrogens is 280 g/mol. The number of thiocarbonyl (C=S) groups is 1. The van der Waals surface area contributed by atoms with E-state index in [2.05, 4.69) is 9.59 Å². The standard InChI is InChI=1S/C12H20N4OS2/c1-7(2)16(6-8(13)18)11(17)9-10(12(3,4)5)14-15-19-9/h7H,6H2,1-5H3,(H2,13,18). The zero-order valence-corrected chi connectivity index (χ0v) is 13.6. The van der Waals surface area contributed by atoms with Crippen LogP contribution in [-0.2, 0) is 5.41 Å². The summed E-state index contributed by atoms with van der Waals surface area (Å²) in [7, 11) is 0. The highest BCUT2D eigenvalue weighted by atomic mass is 32.1. The number of carbonyl (C=O) groups is 1. The Balaban J connectivity index is 3.11. The highest BCUT2D eigenvalue weighted by molar-refractivity contribution is 7.80. The van der Waals surface area contributed by atoms with Gasteiger partial charge in [-0.15, -0.1) is 5.10 Å². The first-order valence-electron chi connectivity index (χ1n) is 6.06. The van der Waals surface area contributed by atoms with Crippen LogP contribution in [0.2, 0.25) is 0 Å². The second kappa shape index (κ2) is 5.92. The molecule has 0 spiro atoms. The van der Waals surface area contributed by atoms with E-state index in [0.717, 1.165) is 17.2 Å². The van der Waals surface area contributed by atoms with E-state index in [0.29, 0.717) is 9.87 Å². The Hall–Kier alpha value is -1.08. The third-order valence-electron chi connectivity index (χ3n) is 2.60. The molecule has 5 nitrogen and oxygen atoms in total. The number of nitrogens with zero attached hydrogens (tertiary/aromatic N) is 3. The van der Waals surface area contributed by atoms with Crippen molar-refractivity contribution in [2.45, 2.75) is 46.1 Å². The molecule has 0 fully saturated rings. The predicted octanol–water partition coefficient (Wildman–Crippen LogP) is 1.97. The average molecular weight is 300 g/mol. The monoisotopic (exact) mass is 300 g/mol. The average Bonchev–Trinajstić information content (AvgIpc) is 2.72. The molecule has 0 atom stereocenters. The Bertz CT molecular complexity index is 476. The van der Waals surface area contributed by atoms with Crippen molar-refractivity contribution in [2.24, 2.45) is 5.73 Å². The predicted molar refractivity (Wildman–Crippen MR) is 81.6 cm³/mol. The van der Waals surface area contributed by atoms with Crippen molar-refractivity contribution >= 4 is 34.6 Å². The van der Waals surface area contributed by atoms with Crippen LogP contribution < -0.4 is 5.73 Å². The van der Waals surface area contributed by atoms with Gasteiger partial charge in [0, 0.05) is 11.5 Å². The van der Waals surface area contributed by atoms with Crippen LogP contribution in [-0.4, -0.2) is 38.0 Å². The third kappa shape index (κ3) is 3.94. The molecule has 0 aromatic carbocycles. The van der Waals surface area contributed by atoms with Crippen LogP contribution in [0.1, 0.15) is 50.0 Å². The first-order chi connectivity index (χ1) is 8.64. The van der Waals surface area contributed by atoms with E-state index in [1.165, 1.54) is 0 Å². The molecule has 2 N–H and O–H groups in total. The lowest BCUT2D eigenvalue weighted by Crippen LogP contribution is -2.42. The molecule has 106 valence electrons. The molecule has 0 unspecified atom stereocenters. The second-order valence-electron chi connectivity index (χ2n) is 5.69. The van der Waals surface area contributed by atoms with E-state index in [1.54, 1.807) is 4.90 Å². The summed E-state index contributed by atoms with van der Waals surface area (Å²) in [5, 5.41) is 4.09. The second-order valence-corrected chi connectivity index (χ2v) is 6.97. The van der Waals surface area contributed by atoms with Crippen LogP contribution in [0.15, 0.2) is 0 Å². The topological polar surface area (TPSA) is 72.1 Å². The van der Waals surface area contributed by atoms with Gasteiger partial charge in [-0.1, -0.05) is 37.5 Å². The van der Waals surface area contributed by atoms with E-state index in [4.69, 9.17) is 18.0 Å². The van der Waals surface area contributed by atoms with Gasteiger partial charge in [0.1, 0.15) is 4.88 Å². The molecule has 1 heterocycles. The Morgan fingerprint density at radius 2 is 2.05 bits per heavy atom. The molecule has 1 amide bonds. The minimum Gasteiger partial charge on any atom is -0.392 e. The number of hydrogen-bond acceptors (Lipinski definition) is 5. The highest BCUT2D eigenvalue weighted by Gasteiger charge is 2.30. The van der Waals surface area contributed by atoms with Gasteiger partial charge in [-0.3, -0.25) is 4.79 Å². The summed E-state index contributed by atoms with van der Waals surface area (Å²) in [6, 6.07) is 0.0175. The maximum Gasteiger partial charge on any atom is 0.268 e. The molecule has 0 radical (unpaired) electrons. The maximum atomic E-state index is 12.6. The third-order valence-corrected chi connectivity index (χ3v) is 3.45. The van der Waals surface area contributed by atoms with Crippen LogP contribution in [0, 0.1) is 0 Å². The number of hydrogen-bond donors (Lipinski definition) is 1. The van der Waals surface area contributed by atoms with Crippen molar-refractivity contribution in [3.63, 3.8) is 0 Å². The summed E-state index contributed by atoms with van der Waals surface area (Å²) in [5.41, 5.74) is 6.06. The normalized spacial score (nSPS) is 11.7. The molecule has 0 aliphatic rings. The van der Waals surface area contributed by atoms with Crippen LogP contribution in [0.5, 0.6) is 0 Å². The molecule has 1 aromatic rings. The first kappa shape index (κ1) is 16.0. The zero-order chi connectivity index (χ0) is 14.8. The molecule has 0 bridgehead atoms. The van der Waals surface area contributed by atoms with E-state index >= 15 is 0 Å². The van der Waals surface area contributed by atoms with Gasteiger partial charge in [-0.2, -0.15) is 0 Å². The summed E-state index contributed by atoms with van der Waals surface area (Å²) in [5.74, 6) is -0.109. The van der Waals surface area contributed by atoms with Gasteiger partial charge in [-0.25, -0.2) is 0 Å². The molecule has 0 saturated heterocycles. The maximum absolute atomic E-state index is 12.6. The van der Waals surface area contributed by atoms with E-state index < -0.39 is 0 Å². The van der Waals surface area contributed by atoms with Gasteiger partial charge < -0.3 is 10.6 Å². The molecule has 0 aliphatic carbocycles. The van der Waals surface area contributed by atoms with Crippen LogP contribution in [0.3, 0.4) is 0 Å². The summed E-state index contributed by atoms with van der Waals surface area (Å²) in [6.45, 7) is 10.2. The van der Waals surface area contributed by atoms with Crippen molar-refractivity contribution < 1.29 is 4.79 Å². The smallest absolute Gasteiger partial charge is 0.268 e. The Morgan fingerprint density at radius 3 is 2.47 bits per heavy atom. The van der Waals surface area contributed by atoms with E-state index in [1.807, 2.05) is 34.6 Å². The lowest BCUT2D eigenvalue weighted by atomic mass is 9.91. The van der Waals surface area contributed by atoms with Crippen molar-refractivity contribution in [1.29, 1.82) is 0 Å². The minimum absolute atomic E-state index is 0.0175. The summed E-state index contributed by atoms with van der Waals surface area (Å²) in [4.78, 5) is 15.1. The zero-order valence-electron chi connectivity index (χ0n) is 11.9. The number of nitrogens with two attached hydrogens (primary N) is 1. The highest BCUT2D eigenvalue weighted by Crippen LogP contribution is 2.27. The van der Waals surface area contributed by atoms with Gasteiger partial charge in [0.05, 0.1) is 17.2 Å². The fourth-order valence-corrected chi connectivity index (χ4v) is 2.58. The van der Waals surface area contributed by atoms with Gasteiger partial charge >= 0.3 is 0 Å². The molecule has 1 aromatic heterocycles. The Kier molecular flexibility index (Phi) is 4.98. The SMILES string of the molecule is CC(C)N(CC(N)=S)C(=O)c1snnc1C(C)(C)C. The van der Waals surface area contributed by atoms with Gasteiger partial charge in [0.15, 0.2) is 0 Å². The molecular formula is C12H20N4OS2. The van der Waals surface area contributed by atoms with Crippen molar-refractivity contribution in [3.8, 4) is 0 Å². The molecule has 19 heavy (non-hydrogen) atoms. The lowest BCUT2D eigenvalue weighted by molar-refractivity contribution is 0.0738. The van der Waals surface area contributed by atoms with Crippen LogP contribution in [0.4, 0.5) is 0 Å². The number of amides is 1. The van der Waals surface area contributed by atoms with Gasteiger partial charge in [0.2, 0.25) is 0 Å². The quantitative estimate of drug-likeness (QED) is 0.861. The minimum atomic E-state index is -0.218. The summed E-state index contributed by atoms with van der Waals surface area (Å²) < 4.78 is 3.91. The Labute approximate surface area is 123 Å². The van der Waals surface area contributed by atoms with Crippen LogP contribution in [0.25, 0.3) is 0 Å². The Morgan fingerprint density at radius 1 is 1.47 bits per heavy atom. The largest absolute Gasteiger partial charge is 0.392 e. The molecule has 0 aliphatic heterocycles. The van der Waals surface area contributed by atoms with Gasteiger partial charge in [-0.05, 0) is 25.4 Å². The fraction of sp³-hybridized carbons (Fsp3) is 0.667. The summed E-state index contributed by atoms with van der Waals surface area (Å²) in [6.07, 6.45) is 0. The molecule has 0 saturated carbocycles.